The monoisotopic (exact) mass is 480 g/mol. The third kappa shape index (κ3) is 4.59. The van der Waals surface area contributed by atoms with E-state index in [9.17, 15) is 9.59 Å². The van der Waals surface area contributed by atoms with E-state index in [1.54, 1.807) is 37.3 Å². The van der Waals surface area contributed by atoms with E-state index in [2.05, 4.69) is 5.10 Å². The lowest BCUT2D eigenvalue weighted by Gasteiger charge is -2.13. The van der Waals surface area contributed by atoms with Crippen LogP contribution in [0, 0.1) is 0 Å². The van der Waals surface area contributed by atoms with Gasteiger partial charge in [-0.2, -0.15) is 10.1 Å². The first-order valence-corrected chi connectivity index (χ1v) is 11.5. The molecule has 4 aromatic carbocycles. The highest BCUT2D eigenvalue weighted by molar-refractivity contribution is 6.31. The third-order valence-corrected chi connectivity index (χ3v) is 6.01. The Bertz CT molecular complexity index is 1510. The Kier molecular flexibility index (Phi) is 6.17. The maximum absolute atomic E-state index is 13.3. The normalized spacial score (nSPS) is 14.5. The first-order chi connectivity index (χ1) is 17.0. The highest BCUT2D eigenvalue weighted by Gasteiger charge is 2.33. The number of hydrazone groups is 1. The second kappa shape index (κ2) is 9.57. The molecular weight excluding hydrogens is 460 g/mol. The summed E-state index contributed by atoms with van der Waals surface area (Å²) in [6, 6.07) is 27.9. The van der Waals surface area contributed by atoms with Crippen LogP contribution < -0.4 is 4.74 Å². The van der Waals surface area contributed by atoms with Gasteiger partial charge in [-0.1, -0.05) is 72.3 Å². The summed E-state index contributed by atoms with van der Waals surface area (Å²) in [5.41, 5.74) is 2.89. The molecule has 0 bridgehead atoms. The lowest BCUT2D eigenvalue weighted by Crippen LogP contribution is -2.29. The lowest BCUT2D eigenvalue weighted by atomic mass is 9.99. The van der Waals surface area contributed by atoms with E-state index in [4.69, 9.17) is 16.3 Å². The molecule has 0 fully saturated rings. The van der Waals surface area contributed by atoms with Gasteiger partial charge in [0.2, 0.25) is 0 Å². The van der Waals surface area contributed by atoms with Crippen molar-refractivity contribution in [1.29, 1.82) is 0 Å². The largest absolute Gasteiger partial charge is 0.488 e. The van der Waals surface area contributed by atoms with Gasteiger partial charge >= 0.3 is 0 Å². The summed E-state index contributed by atoms with van der Waals surface area (Å²) < 4.78 is 6.18. The molecule has 0 saturated carbocycles. The molecule has 0 atom stereocenters. The molecule has 0 saturated heterocycles. The van der Waals surface area contributed by atoms with Crippen LogP contribution in [0.25, 0.3) is 16.8 Å². The van der Waals surface area contributed by atoms with Gasteiger partial charge < -0.3 is 4.74 Å². The maximum Gasteiger partial charge on any atom is 0.283 e. The Morgan fingerprint density at radius 3 is 2.54 bits per heavy atom. The van der Waals surface area contributed by atoms with Gasteiger partial charge in [0.05, 0.1) is 11.3 Å². The molecule has 0 spiro atoms. The van der Waals surface area contributed by atoms with Gasteiger partial charge in [0.25, 0.3) is 11.8 Å². The van der Waals surface area contributed by atoms with Crippen molar-refractivity contribution in [3.05, 3.63) is 118 Å². The lowest BCUT2D eigenvalue weighted by molar-refractivity contribution is -0.123. The van der Waals surface area contributed by atoms with E-state index in [0.29, 0.717) is 34.2 Å². The summed E-state index contributed by atoms with van der Waals surface area (Å²) in [5.74, 6) is -0.316. The number of benzene rings is 4. The fourth-order valence-corrected chi connectivity index (χ4v) is 4.22. The van der Waals surface area contributed by atoms with Crippen molar-refractivity contribution in [3.63, 3.8) is 0 Å². The maximum atomic E-state index is 13.3. The Morgan fingerprint density at radius 2 is 1.74 bits per heavy atom. The molecule has 5 nitrogen and oxygen atoms in total. The van der Waals surface area contributed by atoms with Crippen molar-refractivity contribution in [1.82, 2.24) is 5.01 Å². The zero-order valence-corrected chi connectivity index (χ0v) is 19.7. The molecular formula is C29H21ClN2O3. The highest BCUT2D eigenvalue weighted by Crippen LogP contribution is 2.32. The minimum absolute atomic E-state index is 0.314. The molecule has 1 aliphatic rings. The number of halogens is 1. The molecule has 1 heterocycles. The fraction of sp³-hybridized carbons (Fsp3) is 0.0690. The van der Waals surface area contributed by atoms with E-state index >= 15 is 0 Å². The van der Waals surface area contributed by atoms with Crippen LogP contribution in [-0.2, 0) is 11.4 Å². The zero-order valence-electron chi connectivity index (χ0n) is 18.9. The molecule has 1 aliphatic heterocycles. The molecule has 4 aromatic rings. The molecule has 0 aromatic heterocycles. The van der Waals surface area contributed by atoms with E-state index < -0.39 is 11.8 Å². The van der Waals surface area contributed by atoms with Gasteiger partial charge in [0.1, 0.15) is 12.4 Å². The predicted molar refractivity (Wildman–Crippen MR) is 138 cm³/mol. The first kappa shape index (κ1) is 22.6. The van der Waals surface area contributed by atoms with Gasteiger partial charge in [0, 0.05) is 16.1 Å². The summed E-state index contributed by atoms with van der Waals surface area (Å²) in [5, 5.41) is 7.76. The second-order valence-corrected chi connectivity index (χ2v) is 8.59. The van der Waals surface area contributed by atoms with E-state index in [0.717, 1.165) is 26.9 Å². The minimum Gasteiger partial charge on any atom is -0.488 e. The number of hydrogen-bond acceptors (Lipinski definition) is 4. The van der Waals surface area contributed by atoms with Crippen molar-refractivity contribution in [3.8, 4) is 5.75 Å². The number of carbonyl (C=O) groups excluding carboxylic acids is 2. The van der Waals surface area contributed by atoms with Crippen molar-refractivity contribution < 1.29 is 14.3 Å². The summed E-state index contributed by atoms with van der Waals surface area (Å²) in [6.45, 7) is 2.04. The third-order valence-electron chi connectivity index (χ3n) is 5.78. The first-order valence-electron chi connectivity index (χ1n) is 11.1. The second-order valence-electron chi connectivity index (χ2n) is 8.15. The van der Waals surface area contributed by atoms with Crippen LogP contribution in [0.15, 0.2) is 102 Å². The van der Waals surface area contributed by atoms with Crippen LogP contribution in [0.5, 0.6) is 5.75 Å². The van der Waals surface area contributed by atoms with Crippen molar-refractivity contribution in [2.24, 2.45) is 5.10 Å². The molecule has 0 radical (unpaired) electrons. The van der Waals surface area contributed by atoms with E-state index in [-0.39, 0.29) is 0 Å². The number of rotatable bonds is 5. The van der Waals surface area contributed by atoms with Crippen molar-refractivity contribution >= 4 is 46.0 Å². The SMILES string of the molecule is CC1=NN(C(=O)c2ccccc2)C(=O)/C1=C/c1c(OCc2cccc(Cl)c2)ccc2ccccc12. The Hall–Kier alpha value is -4.22. The van der Waals surface area contributed by atoms with Crippen LogP contribution in [-0.4, -0.2) is 22.5 Å². The molecule has 2 amide bonds. The van der Waals surface area contributed by atoms with Gasteiger partial charge in [-0.25, -0.2) is 0 Å². The average molecular weight is 481 g/mol. The smallest absolute Gasteiger partial charge is 0.283 e. The van der Waals surface area contributed by atoms with Crippen LogP contribution in [0.1, 0.15) is 28.4 Å². The number of hydrogen-bond donors (Lipinski definition) is 0. The van der Waals surface area contributed by atoms with Crippen LogP contribution >= 0.6 is 11.6 Å². The highest BCUT2D eigenvalue weighted by atomic mass is 35.5. The molecule has 5 rings (SSSR count). The molecule has 6 heteroatoms. The number of ether oxygens (including phenoxy) is 1. The predicted octanol–water partition coefficient (Wildman–Crippen LogP) is 6.51. The van der Waals surface area contributed by atoms with Crippen molar-refractivity contribution in [2.45, 2.75) is 13.5 Å². The molecule has 0 N–H and O–H groups in total. The number of imide groups is 1. The Morgan fingerprint density at radius 1 is 0.971 bits per heavy atom. The summed E-state index contributed by atoms with van der Waals surface area (Å²) >= 11 is 6.12. The molecule has 172 valence electrons. The van der Waals surface area contributed by atoms with Crippen molar-refractivity contribution in [2.75, 3.05) is 0 Å². The molecule has 0 aliphatic carbocycles. The van der Waals surface area contributed by atoms with Gasteiger partial charge in [0.15, 0.2) is 0 Å². The average Bonchev–Trinajstić information content (AvgIpc) is 3.16. The topological polar surface area (TPSA) is 59.0 Å². The van der Waals surface area contributed by atoms with E-state index in [1.807, 2.05) is 66.7 Å². The van der Waals surface area contributed by atoms with Crippen LogP contribution in [0.4, 0.5) is 0 Å². The minimum atomic E-state index is -0.468. The number of carbonyl (C=O) groups is 2. The molecule has 35 heavy (non-hydrogen) atoms. The quantitative estimate of drug-likeness (QED) is 0.241. The number of nitrogens with zero attached hydrogens (tertiary/aromatic N) is 2. The number of fused-ring (bicyclic) bond motifs is 1. The van der Waals surface area contributed by atoms with E-state index in [1.165, 1.54) is 0 Å². The molecule has 0 unspecified atom stereocenters. The number of amides is 2. The van der Waals surface area contributed by atoms with Gasteiger partial charge in [-0.05, 0) is 59.7 Å². The Balaban J connectivity index is 1.52. The fourth-order valence-electron chi connectivity index (χ4n) is 4.01. The standard InChI is InChI=1S/C29H21ClN2O3/c1-19-25(29(34)32(31-19)28(33)22-10-3-2-4-11-22)17-26-24-13-6-5-9-21(24)14-15-27(26)35-18-20-8-7-12-23(30)16-20/h2-17H,18H2,1H3/b25-17+. The zero-order chi connectivity index (χ0) is 24.4. The summed E-state index contributed by atoms with van der Waals surface area (Å²) in [7, 11) is 0. The van der Waals surface area contributed by atoms with Crippen LogP contribution in [0.3, 0.4) is 0 Å². The summed E-state index contributed by atoms with van der Waals surface area (Å²) in [4.78, 5) is 26.2. The van der Waals surface area contributed by atoms with Gasteiger partial charge in [-0.3, -0.25) is 9.59 Å². The van der Waals surface area contributed by atoms with Crippen LogP contribution in [0.2, 0.25) is 5.02 Å². The van der Waals surface area contributed by atoms with Gasteiger partial charge in [-0.15, -0.1) is 0 Å². The Labute approximate surface area is 207 Å². The summed E-state index contributed by atoms with van der Waals surface area (Å²) in [6.07, 6.45) is 1.76.